The first-order valence-corrected chi connectivity index (χ1v) is 5.02. The van der Waals surface area contributed by atoms with Crippen molar-refractivity contribution in [2.75, 3.05) is 0 Å². The minimum Gasteiger partial charge on any atom is -0.413 e. The fraction of sp³-hybridized carbons (Fsp3) is 1.00. The van der Waals surface area contributed by atoms with Gasteiger partial charge in [-0.1, -0.05) is 32.9 Å². The van der Waals surface area contributed by atoms with Crippen LogP contribution in [0.2, 0.25) is 13.6 Å². The highest BCUT2D eigenvalue weighted by Gasteiger charge is 2.20. The highest BCUT2D eigenvalue weighted by molar-refractivity contribution is 6.48. The van der Waals surface area contributed by atoms with Crippen molar-refractivity contribution < 1.29 is 9.76 Å². The lowest BCUT2D eigenvalue weighted by molar-refractivity contribution is -0.0264. The lowest BCUT2D eigenvalue weighted by Gasteiger charge is -2.13. The van der Waals surface area contributed by atoms with Gasteiger partial charge in [0.15, 0.2) is 0 Å². The molecule has 1 N–H and O–H groups in total. The van der Waals surface area contributed by atoms with Crippen LogP contribution in [0.5, 0.6) is 0 Å². The molecule has 2 nitrogen and oxygen atoms in total. The molecule has 0 bridgehead atoms. The molecule has 3 heteroatoms. The van der Waals surface area contributed by atoms with Crippen LogP contribution in [0.4, 0.5) is 0 Å². The van der Waals surface area contributed by atoms with Crippen molar-refractivity contribution in [3.8, 4) is 0 Å². The molecule has 0 aromatic heterocycles. The second-order valence-electron chi connectivity index (χ2n) is 4.01. The van der Waals surface area contributed by atoms with E-state index in [0.29, 0.717) is 0 Å². The summed E-state index contributed by atoms with van der Waals surface area (Å²) in [7, 11) is 0. The summed E-state index contributed by atoms with van der Waals surface area (Å²) in [6.07, 6.45) is 5.46. The van der Waals surface area contributed by atoms with Gasteiger partial charge in [-0.05, 0) is 18.8 Å². The number of hydrogen-bond donors (Lipinski definition) is 1. The molecule has 0 aromatic rings. The van der Waals surface area contributed by atoms with E-state index in [-0.39, 0.29) is 6.92 Å². The summed E-state index contributed by atoms with van der Waals surface area (Å²) in [5, 5.41) is 9.33. The standard InChI is InChI=1S/C9H19BO2/c1-10(2)12-9(11)5-3-4-8-6-7-8/h8-9,11H,3-7H2,1-2H3. The Labute approximate surface area is 75.4 Å². The maximum absolute atomic E-state index is 9.33. The number of aliphatic hydroxyl groups is 1. The number of hydrogen-bond acceptors (Lipinski definition) is 2. The van der Waals surface area contributed by atoms with Crippen LogP contribution in [-0.4, -0.2) is 18.3 Å². The van der Waals surface area contributed by atoms with Crippen molar-refractivity contribution >= 4 is 6.92 Å². The van der Waals surface area contributed by atoms with Crippen LogP contribution < -0.4 is 0 Å². The fourth-order valence-corrected chi connectivity index (χ4v) is 1.37. The van der Waals surface area contributed by atoms with E-state index in [2.05, 4.69) is 0 Å². The Morgan fingerprint density at radius 3 is 2.67 bits per heavy atom. The molecule has 0 aromatic carbocycles. The molecule has 0 heterocycles. The molecule has 0 amide bonds. The first kappa shape index (κ1) is 10.1. The zero-order valence-electron chi connectivity index (χ0n) is 8.12. The third kappa shape index (κ3) is 4.78. The van der Waals surface area contributed by atoms with Crippen LogP contribution in [0.1, 0.15) is 32.1 Å². The molecule has 1 atom stereocenters. The van der Waals surface area contributed by atoms with Crippen molar-refractivity contribution in [3.05, 3.63) is 0 Å². The Kier molecular flexibility index (Phi) is 4.09. The van der Waals surface area contributed by atoms with Crippen LogP contribution in [0.3, 0.4) is 0 Å². The number of aliphatic hydroxyl groups excluding tert-OH is 1. The molecule has 0 spiro atoms. The monoisotopic (exact) mass is 170 g/mol. The van der Waals surface area contributed by atoms with Gasteiger partial charge in [0.25, 0.3) is 6.92 Å². The first-order valence-electron chi connectivity index (χ1n) is 5.02. The first-order chi connectivity index (χ1) is 5.68. The van der Waals surface area contributed by atoms with Gasteiger partial charge in [0.05, 0.1) is 0 Å². The lowest BCUT2D eigenvalue weighted by atomic mass is 9.75. The third-order valence-electron chi connectivity index (χ3n) is 2.19. The van der Waals surface area contributed by atoms with Gasteiger partial charge in [0, 0.05) is 0 Å². The van der Waals surface area contributed by atoms with E-state index in [1.54, 1.807) is 0 Å². The molecule has 0 aliphatic heterocycles. The van der Waals surface area contributed by atoms with E-state index in [1.165, 1.54) is 19.3 Å². The molecule has 70 valence electrons. The minimum atomic E-state index is -0.538. The Bertz CT molecular complexity index is 124. The molecular weight excluding hydrogens is 151 g/mol. The van der Waals surface area contributed by atoms with Gasteiger partial charge in [-0.15, -0.1) is 0 Å². The third-order valence-corrected chi connectivity index (χ3v) is 2.19. The topological polar surface area (TPSA) is 29.5 Å². The van der Waals surface area contributed by atoms with Crippen molar-refractivity contribution in [3.63, 3.8) is 0 Å². The van der Waals surface area contributed by atoms with E-state index in [1.807, 2.05) is 13.6 Å². The summed E-state index contributed by atoms with van der Waals surface area (Å²) in [6.45, 7) is 4.04. The van der Waals surface area contributed by atoms with Crippen LogP contribution >= 0.6 is 0 Å². The smallest absolute Gasteiger partial charge is 0.290 e. The molecule has 1 aliphatic rings. The van der Waals surface area contributed by atoms with E-state index < -0.39 is 6.29 Å². The van der Waals surface area contributed by atoms with Gasteiger partial charge in [-0.3, -0.25) is 0 Å². The summed E-state index contributed by atoms with van der Waals surface area (Å²) in [6, 6.07) is 0. The normalized spacial score (nSPS) is 19.2. The molecule has 0 radical (unpaired) electrons. The summed E-state index contributed by atoms with van der Waals surface area (Å²) >= 11 is 0. The average Bonchev–Trinajstić information content (AvgIpc) is 2.69. The van der Waals surface area contributed by atoms with Crippen molar-refractivity contribution in [2.45, 2.75) is 52.0 Å². The predicted octanol–water partition coefficient (Wildman–Crippen LogP) is 2.15. The van der Waals surface area contributed by atoms with Gasteiger partial charge in [0.1, 0.15) is 6.29 Å². The van der Waals surface area contributed by atoms with Gasteiger partial charge in [0.2, 0.25) is 0 Å². The molecule has 12 heavy (non-hydrogen) atoms. The molecule has 0 saturated heterocycles. The van der Waals surface area contributed by atoms with Crippen molar-refractivity contribution in [1.82, 2.24) is 0 Å². The lowest BCUT2D eigenvalue weighted by Crippen LogP contribution is -2.19. The summed E-state index contributed by atoms with van der Waals surface area (Å²) in [5.74, 6) is 0.969. The van der Waals surface area contributed by atoms with E-state index >= 15 is 0 Å². The Morgan fingerprint density at radius 2 is 2.17 bits per heavy atom. The highest BCUT2D eigenvalue weighted by atomic mass is 16.6. The largest absolute Gasteiger partial charge is 0.413 e. The van der Waals surface area contributed by atoms with Gasteiger partial charge in [-0.25, -0.2) is 0 Å². The molecule has 1 unspecified atom stereocenters. The van der Waals surface area contributed by atoms with Crippen LogP contribution in [-0.2, 0) is 4.65 Å². The maximum atomic E-state index is 9.33. The van der Waals surface area contributed by atoms with Crippen molar-refractivity contribution in [1.29, 1.82) is 0 Å². The molecule has 1 fully saturated rings. The molecule has 1 saturated carbocycles. The summed E-state index contributed by atoms with van der Waals surface area (Å²) < 4.78 is 5.21. The van der Waals surface area contributed by atoms with Gasteiger partial charge >= 0.3 is 0 Å². The van der Waals surface area contributed by atoms with Crippen LogP contribution in [0.15, 0.2) is 0 Å². The van der Waals surface area contributed by atoms with E-state index in [4.69, 9.17) is 4.65 Å². The van der Waals surface area contributed by atoms with Gasteiger partial charge < -0.3 is 9.76 Å². The molecule has 1 rings (SSSR count). The maximum Gasteiger partial charge on any atom is 0.290 e. The second kappa shape index (κ2) is 4.88. The minimum absolute atomic E-state index is 0.140. The zero-order valence-corrected chi connectivity index (χ0v) is 8.12. The average molecular weight is 170 g/mol. The molecular formula is C9H19BO2. The second-order valence-corrected chi connectivity index (χ2v) is 4.01. The summed E-state index contributed by atoms with van der Waals surface area (Å²) in [5.41, 5.74) is 0. The van der Waals surface area contributed by atoms with E-state index in [9.17, 15) is 5.11 Å². The quantitative estimate of drug-likeness (QED) is 0.488. The van der Waals surface area contributed by atoms with Gasteiger partial charge in [-0.2, -0.15) is 0 Å². The Hall–Kier alpha value is -0.0151. The summed E-state index contributed by atoms with van der Waals surface area (Å²) in [4.78, 5) is 0. The molecule has 1 aliphatic carbocycles. The van der Waals surface area contributed by atoms with Crippen LogP contribution in [0, 0.1) is 5.92 Å². The fourth-order valence-electron chi connectivity index (χ4n) is 1.37. The zero-order chi connectivity index (χ0) is 8.97. The Balaban J connectivity index is 1.89. The van der Waals surface area contributed by atoms with Crippen molar-refractivity contribution in [2.24, 2.45) is 5.92 Å². The number of rotatable bonds is 6. The Morgan fingerprint density at radius 1 is 1.50 bits per heavy atom. The SMILES string of the molecule is CB(C)OC(O)CCCC1CC1. The highest BCUT2D eigenvalue weighted by Crippen LogP contribution is 2.34. The predicted molar refractivity (Wildman–Crippen MR) is 51.1 cm³/mol. The van der Waals surface area contributed by atoms with Crippen LogP contribution in [0.25, 0.3) is 0 Å². The van der Waals surface area contributed by atoms with E-state index in [0.717, 1.165) is 18.8 Å².